The number of benzene rings is 1. The molecule has 1 heterocycles. The van der Waals surface area contributed by atoms with Gasteiger partial charge in [0.2, 0.25) is 0 Å². The highest BCUT2D eigenvalue weighted by atomic mass is 32.1. The van der Waals surface area contributed by atoms with E-state index in [0.29, 0.717) is 6.54 Å². The molecule has 0 fully saturated rings. The van der Waals surface area contributed by atoms with Crippen molar-refractivity contribution in [1.82, 2.24) is 5.32 Å². The molecule has 0 bridgehead atoms. The zero-order valence-electron chi connectivity index (χ0n) is 11.7. The zero-order chi connectivity index (χ0) is 13.9. The van der Waals surface area contributed by atoms with E-state index in [1.165, 1.54) is 16.7 Å². The third-order valence-electron chi connectivity index (χ3n) is 3.64. The molecule has 0 spiro atoms. The lowest BCUT2D eigenvalue weighted by Crippen LogP contribution is -2.34. The van der Waals surface area contributed by atoms with Crippen molar-refractivity contribution in [1.29, 1.82) is 0 Å². The second-order valence-corrected chi connectivity index (χ2v) is 6.03. The van der Waals surface area contributed by atoms with Gasteiger partial charge in [-0.25, -0.2) is 0 Å². The Morgan fingerprint density at radius 3 is 2.74 bits per heavy atom. The molecule has 1 aromatic carbocycles. The van der Waals surface area contributed by atoms with Gasteiger partial charge in [0, 0.05) is 13.1 Å². The number of hydrogen-bond acceptors (Lipinski definition) is 3. The molecule has 102 valence electrons. The van der Waals surface area contributed by atoms with Crippen LogP contribution in [0.4, 0.5) is 0 Å². The van der Waals surface area contributed by atoms with E-state index in [-0.39, 0.29) is 0 Å². The molecule has 0 aliphatic rings. The third-order valence-corrected chi connectivity index (χ3v) is 4.33. The molecule has 1 unspecified atom stereocenters. The van der Waals surface area contributed by atoms with Crippen LogP contribution in [-0.2, 0) is 12.1 Å². The van der Waals surface area contributed by atoms with Crippen LogP contribution in [0.5, 0.6) is 0 Å². The van der Waals surface area contributed by atoms with Gasteiger partial charge in [-0.3, -0.25) is 0 Å². The fraction of sp³-hybridized carbons (Fsp3) is 0.375. The van der Waals surface area contributed by atoms with Crippen LogP contribution in [0.25, 0.3) is 0 Å². The molecule has 0 aliphatic heterocycles. The van der Waals surface area contributed by atoms with Gasteiger partial charge in [-0.2, -0.15) is 11.3 Å². The Balaban J connectivity index is 1.95. The van der Waals surface area contributed by atoms with E-state index in [0.717, 1.165) is 12.1 Å². The van der Waals surface area contributed by atoms with Crippen LogP contribution in [-0.4, -0.2) is 11.7 Å². The average Bonchev–Trinajstić information content (AvgIpc) is 2.89. The van der Waals surface area contributed by atoms with Crippen LogP contribution in [0.1, 0.15) is 29.2 Å². The quantitative estimate of drug-likeness (QED) is 0.877. The standard InChI is InChI=1S/C16H21NOS/c1-12-5-4-6-14(13(12)2)9-17-11-16(3,18)15-7-8-19-10-15/h4-8,10,17-18H,9,11H2,1-3H3. The number of aryl methyl sites for hydroxylation is 1. The van der Waals surface area contributed by atoms with Gasteiger partial charge in [-0.05, 0) is 59.9 Å². The lowest BCUT2D eigenvalue weighted by molar-refractivity contribution is 0.0571. The van der Waals surface area contributed by atoms with Gasteiger partial charge in [-0.15, -0.1) is 0 Å². The summed E-state index contributed by atoms with van der Waals surface area (Å²) in [4.78, 5) is 0. The monoisotopic (exact) mass is 275 g/mol. The summed E-state index contributed by atoms with van der Waals surface area (Å²) in [5, 5.41) is 17.8. The predicted octanol–water partition coefficient (Wildman–Crippen LogP) is 3.36. The summed E-state index contributed by atoms with van der Waals surface area (Å²) in [6.45, 7) is 7.46. The Bertz CT molecular complexity index is 532. The van der Waals surface area contributed by atoms with Crippen LogP contribution in [0.2, 0.25) is 0 Å². The van der Waals surface area contributed by atoms with E-state index in [9.17, 15) is 5.11 Å². The normalized spacial score (nSPS) is 14.3. The minimum absolute atomic E-state index is 0.553. The fourth-order valence-electron chi connectivity index (χ4n) is 2.12. The Morgan fingerprint density at radius 2 is 2.05 bits per heavy atom. The Labute approximate surface area is 119 Å². The highest BCUT2D eigenvalue weighted by Crippen LogP contribution is 2.22. The summed E-state index contributed by atoms with van der Waals surface area (Å²) in [6, 6.07) is 8.32. The minimum Gasteiger partial charge on any atom is -0.384 e. The lowest BCUT2D eigenvalue weighted by atomic mass is 9.98. The molecular formula is C16H21NOS. The molecule has 0 saturated carbocycles. The second kappa shape index (κ2) is 5.87. The first kappa shape index (κ1) is 14.3. The summed E-state index contributed by atoms with van der Waals surface area (Å²) < 4.78 is 0. The van der Waals surface area contributed by atoms with Crippen LogP contribution >= 0.6 is 11.3 Å². The largest absolute Gasteiger partial charge is 0.384 e. The first-order chi connectivity index (χ1) is 9.00. The molecule has 0 aliphatic carbocycles. The van der Waals surface area contributed by atoms with Crippen LogP contribution in [0.15, 0.2) is 35.0 Å². The molecule has 0 amide bonds. The van der Waals surface area contributed by atoms with E-state index in [1.807, 2.05) is 23.8 Å². The van der Waals surface area contributed by atoms with Crippen LogP contribution in [0.3, 0.4) is 0 Å². The molecule has 19 heavy (non-hydrogen) atoms. The van der Waals surface area contributed by atoms with E-state index >= 15 is 0 Å². The summed E-state index contributed by atoms with van der Waals surface area (Å²) in [6.07, 6.45) is 0. The molecule has 0 saturated heterocycles. The number of nitrogens with one attached hydrogen (secondary N) is 1. The van der Waals surface area contributed by atoms with Gasteiger partial charge < -0.3 is 10.4 Å². The van der Waals surface area contributed by atoms with E-state index in [2.05, 4.69) is 37.4 Å². The summed E-state index contributed by atoms with van der Waals surface area (Å²) in [5.74, 6) is 0. The Hall–Kier alpha value is -1.16. The molecule has 2 rings (SSSR count). The first-order valence-corrected chi connectivity index (χ1v) is 7.46. The highest BCUT2D eigenvalue weighted by molar-refractivity contribution is 7.08. The molecule has 2 aromatic rings. The number of aliphatic hydroxyl groups is 1. The van der Waals surface area contributed by atoms with Gasteiger partial charge in [0.15, 0.2) is 0 Å². The lowest BCUT2D eigenvalue weighted by Gasteiger charge is -2.23. The maximum Gasteiger partial charge on any atom is 0.1000 e. The molecule has 1 aromatic heterocycles. The minimum atomic E-state index is -0.808. The topological polar surface area (TPSA) is 32.3 Å². The number of hydrogen-bond donors (Lipinski definition) is 2. The smallest absolute Gasteiger partial charge is 0.1000 e. The van der Waals surface area contributed by atoms with Gasteiger partial charge in [-0.1, -0.05) is 18.2 Å². The molecule has 1 atom stereocenters. The Morgan fingerprint density at radius 1 is 1.26 bits per heavy atom. The first-order valence-electron chi connectivity index (χ1n) is 6.51. The van der Waals surface area contributed by atoms with Crippen molar-refractivity contribution >= 4 is 11.3 Å². The maximum absolute atomic E-state index is 10.4. The number of rotatable bonds is 5. The highest BCUT2D eigenvalue weighted by Gasteiger charge is 2.22. The summed E-state index contributed by atoms with van der Waals surface area (Å²) in [5.41, 5.74) is 4.10. The van der Waals surface area contributed by atoms with Crippen molar-refractivity contribution in [2.75, 3.05) is 6.54 Å². The van der Waals surface area contributed by atoms with Crippen LogP contribution in [0, 0.1) is 13.8 Å². The maximum atomic E-state index is 10.4. The second-order valence-electron chi connectivity index (χ2n) is 5.25. The third kappa shape index (κ3) is 3.44. The van der Waals surface area contributed by atoms with Crippen molar-refractivity contribution in [3.63, 3.8) is 0 Å². The van der Waals surface area contributed by atoms with Gasteiger partial charge >= 0.3 is 0 Å². The molecule has 3 heteroatoms. The van der Waals surface area contributed by atoms with E-state index in [4.69, 9.17) is 0 Å². The van der Waals surface area contributed by atoms with Crippen molar-refractivity contribution in [2.45, 2.75) is 32.9 Å². The fourth-order valence-corrected chi connectivity index (χ4v) is 2.90. The van der Waals surface area contributed by atoms with Crippen LogP contribution < -0.4 is 5.32 Å². The Kier molecular flexibility index (Phi) is 4.40. The van der Waals surface area contributed by atoms with Crippen molar-refractivity contribution in [3.8, 4) is 0 Å². The molecule has 2 nitrogen and oxygen atoms in total. The summed E-state index contributed by atoms with van der Waals surface area (Å²) >= 11 is 1.61. The van der Waals surface area contributed by atoms with E-state index < -0.39 is 5.60 Å². The zero-order valence-corrected chi connectivity index (χ0v) is 12.6. The van der Waals surface area contributed by atoms with Crippen molar-refractivity contribution in [2.24, 2.45) is 0 Å². The molecule has 2 N–H and O–H groups in total. The SMILES string of the molecule is Cc1cccc(CNCC(C)(O)c2ccsc2)c1C. The van der Waals surface area contributed by atoms with Gasteiger partial charge in [0.05, 0.1) is 5.60 Å². The molecular weight excluding hydrogens is 254 g/mol. The molecule has 0 radical (unpaired) electrons. The van der Waals surface area contributed by atoms with Crippen molar-refractivity contribution in [3.05, 3.63) is 57.3 Å². The average molecular weight is 275 g/mol. The predicted molar refractivity (Wildman–Crippen MR) is 81.5 cm³/mol. The van der Waals surface area contributed by atoms with Gasteiger partial charge in [0.1, 0.15) is 0 Å². The summed E-state index contributed by atoms with van der Waals surface area (Å²) in [7, 11) is 0. The number of thiophene rings is 1. The van der Waals surface area contributed by atoms with Crippen molar-refractivity contribution < 1.29 is 5.11 Å². The van der Waals surface area contributed by atoms with E-state index in [1.54, 1.807) is 11.3 Å². The van der Waals surface area contributed by atoms with Gasteiger partial charge in [0.25, 0.3) is 0 Å².